The Morgan fingerprint density at radius 1 is 1.32 bits per heavy atom. The molecule has 2 aliphatic rings. The number of likely N-dealkylation sites (tertiary alicyclic amines) is 1. The predicted molar refractivity (Wildman–Crippen MR) is 79.5 cm³/mol. The summed E-state index contributed by atoms with van der Waals surface area (Å²) < 4.78 is 10.7. The van der Waals surface area contributed by atoms with Gasteiger partial charge in [-0.1, -0.05) is 18.2 Å². The third kappa shape index (κ3) is 2.84. The van der Waals surface area contributed by atoms with E-state index in [9.17, 15) is 9.59 Å². The molecular weight excluding hydrogens is 284 g/mol. The second-order valence-electron chi connectivity index (χ2n) is 5.57. The summed E-state index contributed by atoms with van der Waals surface area (Å²) in [5.41, 5.74) is 0.663. The van der Waals surface area contributed by atoms with E-state index in [0.717, 1.165) is 0 Å². The molecule has 2 amide bonds. The first-order chi connectivity index (χ1) is 10.7. The Bertz CT molecular complexity index is 548. The zero-order valence-corrected chi connectivity index (χ0v) is 12.6. The van der Waals surface area contributed by atoms with E-state index in [4.69, 9.17) is 9.47 Å². The minimum Gasteiger partial charge on any atom is -0.383 e. The molecule has 0 aromatic heterocycles. The maximum absolute atomic E-state index is 12.5. The van der Waals surface area contributed by atoms with Gasteiger partial charge in [0.05, 0.1) is 18.8 Å². The smallest absolute Gasteiger partial charge is 0.254 e. The van der Waals surface area contributed by atoms with Crippen LogP contribution in [0.5, 0.6) is 0 Å². The van der Waals surface area contributed by atoms with Crippen LogP contribution in [-0.2, 0) is 14.3 Å². The van der Waals surface area contributed by atoms with Gasteiger partial charge in [-0.3, -0.25) is 9.59 Å². The number of hydrogen-bond acceptors (Lipinski definition) is 4. The van der Waals surface area contributed by atoms with Crippen LogP contribution in [-0.4, -0.2) is 73.7 Å². The molecule has 0 spiro atoms. The number of fused-ring (bicyclic) bond motifs is 1. The number of morpholine rings is 1. The van der Waals surface area contributed by atoms with Crippen molar-refractivity contribution in [1.29, 1.82) is 0 Å². The number of rotatable bonds is 4. The number of nitrogens with zero attached hydrogens (tertiary/aromatic N) is 2. The van der Waals surface area contributed by atoms with Crippen LogP contribution in [0.1, 0.15) is 10.4 Å². The molecule has 2 saturated heterocycles. The van der Waals surface area contributed by atoms with Gasteiger partial charge in [0.1, 0.15) is 6.61 Å². The maximum Gasteiger partial charge on any atom is 0.254 e. The van der Waals surface area contributed by atoms with E-state index in [0.29, 0.717) is 31.8 Å². The van der Waals surface area contributed by atoms with Gasteiger partial charge >= 0.3 is 0 Å². The highest BCUT2D eigenvalue weighted by molar-refractivity contribution is 5.94. The minimum atomic E-state index is -0.109. The SMILES string of the molecule is COCCN1C(=O)COC2CN(C(=O)c3ccccc3)CC21. The normalized spacial score (nSPS) is 24.5. The molecule has 3 rings (SSSR count). The molecule has 0 bridgehead atoms. The lowest BCUT2D eigenvalue weighted by atomic mass is 10.1. The summed E-state index contributed by atoms with van der Waals surface area (Å²) >= 11 is 0. The minimum absolute atomic E-state index is 0.0160. The second-order valence-corrected chi connectivity index (χ2v) is 5.57. The molecule has 1 aromatic rings. The van der Waals surface area contributed by atoms with E-state index >= 15 is 0 Å². The quantitative estimate of drug-likeness (QED) is 0.807. The van der Waals surface area contributed by atoms with Gasteiger partial charge in [-0.2, -0.15) is 0 Å². The van der Waals surface area contributed by atoms with Crippen LogP contribution in [0.3, 0.4) is 0 Å². The third-order valence-electron chi connectivity index (χ3n) is 4.22. The van der Waals surface area contributed by atoms with Crippen molar-refractivity contribution in [3.8, 4) is 0 Å². The number of benzene rings is 1. The van der Waals surface area contributed by atoms with Crippen LogP contribution < -0.4 is 0 Å². The molecule has 6 heteroatoms. The number of hydrogen-bond donors (Lipinski definition) is 0. The zero-order chi connectivity index (χ0) is 15.5. The van der Waals surface area contributed by atoms with Crippen molar-refractivity contribution in [1.82, 2.24) is 9.80 Å². The molecule has 118 valence electrons. The summed E-state index contributed by atoms with van der Waals surface area (Å²) in [5, 5.41) is 0. The van der Waals surface area contributed by atoms with Gasteiger partial charge in [-0.05, 0) is 12.1 Å². The Morgan fingerprint density at radius 3 is 2.82 bits per heavy atom. The second kappa shape index (κ2) is 6.46. The van der Waals surface area contributed by atoms with Gasteiger partial charge in [-0.25, -0.2) is 0 Å². The molecular formula is C16H20N2O4. The average Bonchev–Trinajstić information content (AvgIpc) is 2.98. The number of amides is 2. The summed E-state index contributed by atoms with van der Waals surface area (Å²) in [6, 6.07) is 9.11. The first-order valence-electron chi connectivity index (χ1n) is 7.45. The van der Waals surface area contributed by atoms with Crippen LogP contribution in [0, 0.1) is 0 Å². The maximum atomic E-state index is 12.5. The fourth-order valence-corrected chi connectivity index (χ4v) is 3.08. The van der Waals surface area contributed by atoms with Gasteiger partial charge in [0.25, 0.3) is 5.91 Å². The number of methoxy groups -OCH3 is 1. The lowest BCUT2D eigenvalue weighted by Crippen LogP contribution is -2.54. The third-order valence-corrected chi connectivity index (χ3v) is 4.22. The van der Waals surface area contributed by atoms with E-state index in [1.165, 1.54) is 0 Å². The Balaban J connectivity index is 1.72. The molecule has 0 saturated carbocycles. The average molecular weight is 304 g/mol. The molecule has 0 N–H and O–H groups in total. The molecule has 2 atom stereocenters. The van der Waals surface area contributed by atoms with Crippen LogP contribution in [0.25, 0.3) is 0 Å². The molecule has 2 heterocycles. The highest BCUT2D eigenvalue weighted by Crippen LogP contribution is 2.24. The summed E-state index contributed by atoms with van der Waals surface area (Å²) in [4.78, 5) is 28.1. The number of carbonyl (C=O) groups is 2. The summed E-state index contributed by atoms with van der Waals surface area (Å²) in [5.74, 6) is -0.0509. The molecule has 2 aliphatic heterocycles. The van der Waals surface area contributed by atoms with E-state index in [1.54, 1.807) is 29.0 Å². The van der Waals surface area contributed by atoms with Gasteiger partial charge in [0, 0.05) is 32.3 Å². The van der Waals surface area contributed by atoms with E-state index in [-0.39, 0.29) is 30.6 Å². The van der Waals surface area contributed by atoms with Crippen LogP contribution in [0.15, 0.2) is 30.3 Å². The fourth-order valence-electron chi connectivity index (χ4n) is 3.08. The van der Waals surface area contributed by atoms with Gasteiger partial charge in [0.2, 0.25) is 5.91 Å². The monoisotopic (exact) mass is 304 g/mol. The molecule has 22 heavy (non-hydrogen) atoms. The van der Waals surface area contributed by atoms with E-state index in [2.05, 4.69) is 0 Å². The van der Waals surface area contributed by atoms with Crippen molar-refractivity contribution in [2.45, 2.75) is 12.1 Å². The fraction of sp³-hybridized carbons (Fsp3) is 0.500. The van der Waals surface area contributed by atoms with Crippen LogP contribution in [0.4, 0.5) is 0 Å². The van der Waals surface area contributed by atoms with Crippen molar-refractivity contribution >= 4 is 11.8 Å². The molecule has 2 unspecified atom stereocenters. The first-order valence-corrected chi connectivity index (χ1v) is 7.45. The van der Waals surface area contributed by atoms with Crippen molar-refractivity contribution in [2.75, 3.05) is 40.0 Å². The van der Waals surface area contributed by atoms with Gasteiger partial charge in [-0.15, -0.1) is 0 Å². The predicted octanol–water partition coefficient (Wildman–Crippen LogP) is 0.385. The van der Waals surface area contributed by atoms with E-state index < -0.39 is 0 Å². The summed E-state index contributed by atoms with van der Waals surface area (Å²) in [6.45, 7) is 2.13. The molecule has 0 aliphatic carbocycles. The standard InChI is InChI=1S/C16H20N2O4/c1-21-8-7-18-13-9-17(10-14(13)22-11-15(18)19)16(20)12-5-3-2-4-6-12/h2-6,13-14H,7-11H2,1H3. The Morgan fingerprint density at radius 2 is 2.09 bits per heavy atom. The lowest BCUT2D eigenvalue weighted by molar-refractivity contribution is -0.153. The Kier molecular flexibility index (Phi) is 4.40. The van der Waals surface area contributed by atoms with Crippen molar-refractivity contribution in [3.63, 3.8) is 0 Å². The molecule has 6 nitrogen and oxygen atoms in total. The summed E-state index contributed by atoms with van der Waals surface area (Å²) in [7, 11) is 1.61. The van der Waals surface area contributed by atoms with Crippen LogP contribution in [0.2, 0.25) is 0 Å². The highest BCUT2D eigenvalue weighted by atomic mass is 16.5. The highest BCUT2D eigenvalue weighted by Gasteiger charge is 2.44. The number of ether oxygens (including phenoxy) is 2. The first kappa shape index (κ1) is 15.0. The topological polar surface area (TPSA) is 59.1 Å². The Hall–Kier alpha value is -1.92. The van der Waals surface area contributed by atoms with Crippen LogP contribution >= 0.6 is 0 Å². The lowest BCUT2D eigenvalue weighted by Gasteiger charge is -2.36. The number of carbonyl (C=O) groups excluding carboxylic acids is 2. The van der Waals surface area contributed by atoms with Crippen molar-refractivity contribution in [3.05, 3.63) is 35.9 Å². The zero-order valence-electron chi connectivity index (χ0n) is 12.6. The molecule has 1 aromatic carbocycles. The van der Waals surface area contributed by atoms with E-state index in [1.807, 2.05) is 18.2 Å². The summed E-state index contributed by atoms with van der Waals surface area (Å²) in [6.07, 6.45) is -0.109. The van der Waals surface area contributed by atoms with Gasteiger partial charge < -0.3 is 19.3 Å². The Labute approximate surface area is 129 Å². The van der Waals surface area contributed by atoms with Crippen molar-refractivity contribution < 1.29 is 19.1 Å². The molecule has 0 radical (unpaired) electrons. The largest absolute Gasteiger partial charge is 0.383 e. The van der Waals surface area contributed by atoms with Gasteiger partial charge in [0.15, 0.2) is 0 Å². The molecule has 2 fully saturated rings. The van der Waals surface area contributed by atoms with Crippen molar-refractivity contribution in [2.24, 2.45) is 0 Å².